The first kappa shape index (κ1) is 14.6. The molecule has 0 amide bonds. The summed E-state index contributed by atoms with van der Waals surface area (Å²) in [7, 11) is 0. The quantitative estimate of drug-likeness (QED) is 0.872. The summed E-state index contributed by atoms with van der Waals surface area (Å²) < 4.78 is 0. The van der Waals surface area contributed by atoms with Gasteiger partial charge < -0.3 is 10.6 Å². The highest BCUT2D eigenvalue weighted by atomic mass is 15.2. The number of nitrogens with zero attached hydrogens (tertiary/aromatic N) is 3. The van der Waals surface area contributed by atoms with Gasteiger partial charge in [0.15, 0.2) is 11.6 Å². The van der Waals surface area contributed by atoms with Crippen molar-refractivity contribution in [2.24, 2.45) is 0 Å². The molecule has 0 aliphatic carbocycles. The Morgan fingerprint density at radius 2 is 1.80 bits per heavy atom. The molecule has 0 fully saturated rings. The molecule has 0 bridgehead atoms. The van der Waals surface area contributed by atoms with Crippen LogP contribution in [0.2, 0.25) is 0 Å². The summed E-state index contributed by atoms with van der Waals surface area (Å²) in [5.41, 5.74) is 7.90. The molecule has 4 nitrogen and oxygen atoms in total. The third-order valence-corrected chi connectivity index (χ3v) is 3.73. The molecule has 2 aromatic rings. The molecule has 1 heterocycles. The minimum atomic E-state index is 0.416. The number of nitrogens with two attached hydrogens (primary N) is 1. The van der Waals surface area contributed by atoms with Gasteiger partial charge in [-0.15, -0.1) is 0 Å². The number of nitrogen functional groups attached to an aromatic ring is 1. The number of benzene rings is 1. The molecule has 108 valence electrons. The maximum absolute atomic E-state index is 6.14. The third-order valence-electron chi connectivity index (χ3n) is 3.73. The molecule has 0 saturated carbocycles. The van der Waals surface area contributed by atoms with E-state index in [2.05, 4.69) is 30.7 Å². The fourth-order valence-corrected chi connectivity index (χ4v) is 2.30. The molecule has 1 unspecified atom stereocenters. The van der Waals surface area contributed by atoms with Crippen molar-refractivity contribution in [2.45, 2.75) is 46.1 Å². The molecule has 4 heteroatoms. The molecule has 0 aliphatic rings. The number of hydrogen-bond acceptors (Lipinski definition) is 4. The Morgan fingerprint density at radius 3 is 2.40 bits per heavy atom. The van der Waals surface area contributed by atoms with Crippen molar-refractivity contribution in [3.05, 3.63) is 24.3 Å². The number of fused-ring (bicyclic) bond motifs is 1. The van der Waals surface area contributed by atoms with Gasteiger partial charge in [-0.2, -0.15) is 0 Å². The topological polar surface area (TPSA) is 55.0 Å². The Morgan fingerprint density at radius 1 is 1.15 bits per heavy atom. The molecule has 0 saturated heterocycles. The number of para-hydroxylation sites is 2. The maximum Gasteiger partial charge on any atom is 0.172 e. The molecule has 0 radical (unpaired) electrons. The average molecular weight is 272 g/mol. The first-order valence-corrected chi connectivity index (χ1v) is 7.46. The lowest BCUT2D eigenvalue weighted by atomic mass is 10.2. The van der Waals surface area contributed by atoms with Crippen molar-refractivity contribution in [3.63, 3.8) is 0 Å². The predicted molar refractivity (Wildman–Crippen MR) is 86.0 cm³/mol. The minimum absolute atomic E-state index is 0.416. The Labute approximate surface area is 121 Å². The number of hydrogen-bond donors (Lipinski definition) is 1. The summed E-state index contributed by atoms with van der Waals surface area (Å²) in [6.07, 6.45) is 3.36. The van der Waals surface area contributed by atoms with Gasteiger partial charge in [-0.25, -0.2) is 9.97 Å². The molecule has 20 heavy (non-hydrogen) atoms. The van der Waals surface area contributed by atoms with E-state index in [1.54, 1.807) is 0 Å². The Hall–Kier alpha value is -1.84. The van der Waals surface area contributed by atoms with Crippen molar-refractivity contribution in [1.29, 1.82) is 0 Å². The molecule has 2 N–H and O–H groups in total. The van der Waals surface area contributed by atoms with Crippen LogP contribution in [0.1, 0.15) is 40.0 Å². The van der Waals surface area contributed by atoms with Gasteiger partial charge in [0.1, 0.15) is 0 Å². The monoisotopic (exact) mass is 272 g/mol. The lowest BCUT2D eigenvalue weighted by Crippen LogP contribution is -2.35. The van der Waals surface area contributed by atoms with Crippen molar-refractivity contribution in [3.8, 4) is 0 Å². The molecule has 1 atom stereocenters. The van der Waals surface area contributed by atoms with Crippen molar-refractivity contribution in [2.75, 3.05) is 17.2 Å². The summed E-state index contributed by atoms with van der Waals surface area (Å²) in [5.74, 6) is 1.35. The summed E-state index contributed by atoms with van der Waals surface area (Å²) >= 11 is 0. The number of anilines is 2. The molecule has 2 rings (SSSR count). The highest BCUT2D eigenvalue weighted by molar-refractivity contribution is 5.79. The van der Waals surface area contributed by atoms with E-state index >= 15 is 0 Å². The minimum Gasteiger partial charge on any atom is -0.381 e. The Bertz CT molecular complexity index is 567. The van der Waals surface area contributed by atoms with Gasteiger partial charge in [-0.05, 0) is 31.9 Å². The largest absolute Gasteiger partial charge is 0.381 e. The smallest absolute Gasteiger partial charge is 0.172 e. The van der Waals surface area contributed by atoms with Gasteiger partial charge in [0.2, 0.25) is 0 Å². The lowest BCUT2D eigenvalue weighted by molar-refractivity contribution is 0.590. The molecular formula is C16H24N4. The Kier molecular flexibility index (Phi) is 4.77. The van der Waals surface area contributed by atoms with E-state index in [-0.39, 0.29) is 0 Å². The van der Waals surface area contributed by atoms with Gasteiger partial charge in [-0.1, -0.05) is 32.4 Å². The molecule has 1 aromatic heterocycles. The fraction of sp³-hybridized carbons (Fsp3) is 0.500. The summed E-state index contributed by atoms with van der Waals surface area (Å²) in [5, 5.41) is 0. The number of unbranched alkanes of at least 4 members (excludes halogenated alkanes) is 1. The van der Waals surface area contributed by atoms with E-state index in [1.807, 2.05) is 24.3 Å². The van der Waals surface area contributed by atoms with Gasteiger partial charge in [0.05, 0.1) is 11.0 Å². The van der Waals surface area contributed by atoms with Gasteiger partial charge >= 0.3 is 0 Å². The zero-order valence-corrected chi connectivity index (χ0v) is 12.6. The van der Waals surface area contributed by atoms with Crippen molar-refractivity contribution >= 4 is 22.7 Å². The predicted octanol–water partition coefficient (Wildman–Crippen LogP) is 3.62. The summed E-state index contributed by atoms with van der Waals surface area (Å²) in [6, 6.07) is 8.29. The third kappa shape index (κ3) is 3.00. The van der Waals surface area contributed by atoms with Crippen LogP contribution in [0.15, 0.2) is 24.3 Å². The van der Waals surface area contributed by atoms with Crippen LogP contribution in [-0.2, 0) is 0 Å². The van der Waals surface area contributed by atoms with E-state index in [1.165, 1.54) is 0 Å². The van der Waals surface area contributed by atoms with E-state index in [0.29, 0.717) is 11.9 Å². The normalized spacial score (nSPS) is 12.6. The highest BCUT2D eigenvalue weighted by Crippen LogP contribution is 2.25. The zero-order valence-electron chi connectivity index (χ0n) is 12.6. The standard InChI is InChI=1S/C16H24N4/c1-4-6-11-20(12(3)5-2)16-15(17)18-13-9-7-8-10-14(13)19-16/h7-10,12H,4-6,11H2,1-3H3,(H2,17,18). The second kappa shape index (κ2) is 6.55. The molecule has 0 aliphatic heterocycles. The van der Waals surface area contributed by atoms with Crippen LogP contribution in [0.25, 0.3) is 11.0 Å². The van der Waals surface area contributed by atoms with E-state index in [4.69, 9.17) is 10.7 Å². The second-order valence-electron chi connectivity index (χ2n) is 5.23. The molecular weight excluding hydrogens is 248 g/mol. The van der Waals surface area contributed by atoms with Crippen LogP contribution >= 0.6 is 0 Å². The van der Waals surface area contributed by atoms with Crippen molar-refractivity contribution in [1.82, 2.24) is 9.97 Å². The SMILES string of the molecule is CCCCN(c1nc2ccccc2nc1N)C(C)CC. The maximum atomic E-state index is 6.14. The lowest BCUT2D eigenvalue weighted by Gasteiger charge is -2.30. The van der Waals surface area contributed by atoms with Crippen LogP contribution in [0.5, 0.6) is 0 Å². The van der Waals surface area contributed by atoms with Crippen LogP contribution in [-0.4, -0.2) is 22.6 Å². The fourth-order valence-electron chi connectivity index (χ4n) is 2.30. The van der Waals surface area contributed by atoms with Gasteiger partial charge in [-0.3, -0.25) is 0 Å². The van der Waals surface area contributed by atoms with Crippen LogP contribution in [0, 0.1) is 0 Å². The average Bonchev–Trinajstić information content (AvgIpc) is 2.47. The van der Waals surface area contributed by atoms with E-state index in [0.717, 1.165) is 42.7 Å². The summed E-state index contributed by atoms with van der Waals surface area (Å²) in [6.45, 7) is 7.58. The van der Waals surface area contributed by atoms with Crippen molar-refractivity contribution < 1.29 is 0 Å². The van der Waals surface area contributed by atoms with Crippen LogP contribution in [0.4, 0.5) is 11.6 Å². The first-order valence-electron chi connectivity index (χ1n) is 7.46. The van der Waals surface area contributed by atoms with Gasteiger partial charge in [0, 0.05) is 12.6 Å². The Balaban J connectivity index is 2.43. The zero-order chi connectivity index (χ0) is 14.5. The number of aromatic nitrogens is 2. The van der Waals surface area contributed by atoms with Crippen LogP contribution in [0.3, 0.4) is 0 Å². The molecule has 1 aromatic carbocycles. The number of rotatable bonds is 6. The van der Waals surface area contributed by atoms with Gasteiger partial charge in [0.25, 0.3) is 0 Å². The van der Waals surface area contributed by atoms with E-state index < -0.39 is 0 Å². The molecule has 0 spiro atoms. The highest BCUT2D eigenvalue weighted by Gasteiger charge is 2.18. The first-order chi connectivity index (χ1) is 9.67. The summed E-state index contributed by atoms with van der Waals surface area (Å²) in [4.78, 5) is 11.5. The second-order valence-corrected chi connectivity index (χ2v) is 5.23. The van der Waals surface area contributed by atoms with E-state index in [9.17, 15) is 0 Å². The van der Waals surface area contributed by atoms with Crippen LogP contribution < -0.4 is 10.6 Å².